The number of hydrogen-bond acceptors (Lipinski definition) is 6. The molecule has 2 N–H and O–H groups in total. The molecule has 3 heterocycles. The molecule has 0 aromatic carbocycles. The summed E-state index contributed by atoms with van der Waals surface area (Å²) in [6, 6.07) is 2.37. The Bertz CT molecular complexity index is 419. The molecule has 0 unspecified atom stereocenters. The molecule has 0 aliphatic carbocycles. The van der Waals surface area contributed by atoms with Crippen LogP contribution < -0.4 is 10.6 Å². The zero-order valence-electron chi connectivity index (χ0n) is 11.7. The van der Waals surface area contributed by atoms with Crippen LogP contribution in [0, 0.1) is 0 Å². The SMILES string of the molecule is c1nc(NC[C@H]2CCCS2)cc(N[C@@H]2CCCOC2)n1. The van der Waals surface area contributed by atoms with Gasteiger partial charge in [0, 0.05) is 24.5 Å². The zero-order valence-corrected chi connectivity index (χ0v) is 12.5. The maximum Gasteiger partial charge on any atom is 0.131 e. The maximum atomic E-state index is 5.48. The van der Waals surface area contributed by atoms with Crippen molar-refractivity contribution >= 4 is 23.4 Å². The van der Waals surface area contributed by atoms with Gasteiger partial charge in [-0.1, -0.05) is 0 Å². The third kappa shape index (κ3) is 3.99. The topological polar surface area (TPSA) is 59.1 Å². The molecule has 1 aromatic heterocycles. The second kappa shape index (κ2) is 7.13. The summed E-state index contributed by atoms with van der Waals surface area (Å²) in [5.74, 6) is 3.09. The van der Waals surface area contributed by atoms with Crippen LogP contribution in [0.1, 0.15) is 25.7 Å². The summed E-state index contributed by atoms with van der Waals surface area (Å²) in [5, 5.41) is 7.58. The third-order valence-electron chi connectivity index (χ3n) is 3.71. The molecule has 0 radical (unpaired) electrons. The first kappa shape index (κ1) is 13.9. The van der Waals surface area contributed by atoms with Gasteiger partial charge in [-0.05, 0) is 31.4 Å². The fourth-order valence-electron chi connectivity index (χ4n) is 2.62. The predicted molar refractivity (Wildman–Crippen MR) is 83.5 cm³/mol. The highest BCUT2D eigenvalue weighted by molar-refractivity contribution is 8.00. The minimum atomic E-state index is 0.372. The average Bonchev–Trinajstić information content (AvgIpc) is 3.00. The Balaban J connectivity index is 1.51. The first-order valence-electron chi connectivity index (χ1n) is 7.42. The van der Waals surface area contributed by atoms with Gasteiger partial charge in [0.2, 0.25) is 0 Å². The van der Waals surface area contributed by atoms with E-state index in [0.29, 0.717) is 6.04 Å². The molecule has 20 heavy (non-hydrogen) atoms. The molecule has 0 amide bonds. The molecule has 2 atom stereocenters. The van der Waals surface area contributed by atoms with E-state index in [2.05, 4.69) is 32.4 Å². The van der Waals surface area contributed by atoms with E-state index in [-0.39, 0.29) is 0 Å². The van der Waals surface area contributed by atoms with Crippen LogP contribution in [0.5, 0.6) is 0 Å². The Morgan fingerprint density at radius 2 is 2.20 bits per heavy atom. The molecule has 3 rings (SSSR count). The van der Waals surface area contributed by atoms with Crippen molar-refractivity contribution in [1.82, 2.24) is 9.97 Å². The van der Waals surface area contributed by atoms with Crippen LogP contribution in [0.25, 0.3) is 0 Å². The normalized spacial score (nSPS) is 26.4. The van der Waals surface area contributed by atoms with Gasteiger partial charge in [0.15, 0.2) is 0 Å². The summed E-state index contributed by atoms with van der Waals surface area (Å²) in [6.07, 6.45) is 6.54. The van der Waals surface area contributed by atoms with Crippen molar-refractivity contribution in [2.24, 2.45) is 0 Å². The van der Waals surface area contributed by atoms with Gasteiger partial charge < -0.3 is 15.4 Å². The molecule has 1 aromatic rings. The smallest absolute Gasteiger partial charge is 0.131 e. The van der Waals surface area contributed by atoms with Crippen LogP contribution in [0.4, 0.5) is 11.6 Å². The second-order valence-electron chi connectivity index (χ2n) is 5.36. The first-order valence-corrected chi connectivity index (χ1v) is 8.47. The number of rotatable bonds is 5. The van der Waals surface area contributed by atoms with Gasteiger partial charge in [-0.15, -0.1) is 0 Å². The Hall–Kier alpha value is -1.01. The highest BCUT2D eigenvalue weighted by Gasteiger charge is 2.16. The molecule has 0 saturated carbocycles. The lowest BCUT2D eigenvalue weighted by Gasteiger charge is -2.23. The molecular formula is C14H22N4OS. The van der Waals surface area contributed by atoms with Crippen LogP contribution >= 0.6 is 11.8 Å². The third-order valence-corrected chi connectivity index (χ3v) is 5.11. The molecule has 2 aliphatic heterocycles. The van der Waals surface area contributed by atoms with Crippen molar-refractivity contribution in [1.29, 1.82) is 0 Å². The molecule has 2 fully saturated rings. The summed E-state index contributed by atoms with van der Waals surface area (Å²) in [6.45, 7) is 2.65. The zero-order chi connectivity index (χ0) is 13.6. The quantitative estimate of drug-likeness (QED) is 0.869. The number of thioether (sulfide) groups is 1. The summed E-state index contributed by atoms with van der Waals surface area (Å²) < 4.78 is 5.48. The number of hydrogen-bond donors (Lipinski definition) is 2. The number of nitrogens with zero attached hydrogens (tertiary/aromatic N) is 2. The van der Waals surface area contributed by atoms with E-state index in [0.717, 1.165) is 49.5 Å². The van der Waals surface area contributed by atoms with E-state index >= 15 is 0 Å². The first-order chi connectivity index (χ1) is 9.90. The number of anilines is 2. The predicted octanol–water partition coefficient (Wildman–Crippen LogP) is 2.38. The average molecular weight is 294 g/mol. The van der Waals surface area contributed by atoms with E-state index in [1.165, 1.54) is 18.6 Å². The Kier molecular flexibility index (Phi) is 4.97. The van der Waals surface area contributed by atoms with Crippen LogP contribution in [-0.4, -0.2) is 46.8 Å². The fourth-order valence-corrected chi connectivity index (χ4v) is 3.82. The monoisotopic (exact) mass is 294 g/mol. The lowest BCUT2D eigenvalue weighted by atomic mass is 10.1. The van der Waals surface area contributed by atoms with E-state index in [9.17, 15) is 0 Å². The van der Waals surface area contributed by atoms with Crippen molar-refractivity contribution in [2.75, 3.05) is 36.1 Å². The van der Waals surface area contributed by atoms with Gasteiger partial charge in [0.1, 0.15) is 18.0 Å². The molecular weight excluding hydrogens is 272 g/mol. The summed E-state index contributed by atoms with van der Waals surface area (Å²) in [5.41, 5.74) is 0. The van der Waals surface area contributed by atoms with Crippen LogP contribution in [-0.2, 0) is 4.74 Å². The second-order valence-corrected chi connectivity index (χ2v) is 6.77. The fraction of sp³-hybridized carbons (Fsp3) is 0.714. The van der Waals surface area contributed by atoms with Gasteiger partial charge in [-0.25, -0.2) is 9.97 Å². The molecule has 0 spiro atoms. The molecule has 2 aliphatic rings. The largest absolute Gasteiger partial charge is 0.379 e. The van der Waals surface area contributed by atoms with E-state index in [1.807, 2.05) is 6.07 Å². The van der Waals surface area contributed by atoms with Gasteiger partial charge in [-0.2, -0.15) is 11.8 Å². The summed E-state index contributed by atoms with van der Waals surface area (Å²) in [4.78, 5) is 8.58. The highest BCUT2D eigenvalue weighted by atomic mass is 32.2. The lowest BCUT2D eigenvalue weighted by Crippen LogP contribution is -2.30. The lowest BCUT2D eigenvalue weighted by molar-refractivity contribution is 0.0875. The molecule has 6 heteroatoms. The Morgan fingerprint density at radius 3 is 3.00 bits per heavy atom. The minimum absolute atomic E-state index is 0.372. The van der Waals surface area contributed by atoms with E-state index in [4.69, 9.17) is 4.74 Å². The summed E-state index contributed by atoms with van der Waals surface area (Å²) >= 11 is 2.06. The standard InChI is InChI=1S/C14H22N4OS/c1-3-11(9-19-5-1)18-14-7-13(16-10-17-14)15-8-12-4-2-6-20-12/h7,10-12H,1-6,8-9H2,(H2,15,16,17,18)/t11-,12-/m1/s1. The number of aromatic nitrogens is 2. The van der Waals surface area contributed by atoms with Gasteiger partial charge in [0.25, 0.3) is 0 Å². The van der Waals surface area contributed by atoms with Crippen LogP contribution in [0.15, 0.2) is 12.4 Å². The van der Waals surface area contributed by atoms with Crippen LogP contribution in [0.2, 0.25) is 0 Å². The molecule has 2 saturated heterocycles. The Morgan fingerprint density at radius 1 is 1.25 bits per heavy atom. The van der Waals surface area contributed by atoms with Crippen molar-refractivity contribution in [2.45, 2.75) is 37.0 Å². The van der Waals surface area contributed by atoms with Crippen molar-refractivity contribution in [3.63, 3.8) is 0 Å². The van der Waals surface area contributed by atoms with E-state index in [1.54, 1.807) is 6.33 Å². The summed E-state index contributed by atoms with van der Waals surface area (Å²) in [7, 11) is 0. The van der Waals surface area contributed by atoms with Crippen molar-refractivity contribution in [3.8, 4) is 0 Å². The van der Waals surface area contributed by atoms with Gasteiger partial charge >= 0.3 is 0 Å². The molecule has 0 bridgehead atoms. The van der Waals surface area contributed by atoms with Crippen LogP contribution in [0.3, 0.4) is 0 Å². The molecule has 110 valence electrons. The number of ether oxygens (including phenoxy) is 1. The highest BCUT2D eigenvalue weighted by Crippen LogP contribution is 2.26. The minimum Gasteiger partial charge on any atom is -0.379 e. The van der Waals surface area contributed by atoms with Gasteiger partial charge in [0.05, 0.1) is 12.6 Å². The van der Waals surface area contributed by atoms with E-state index < -0.39 is 0 Å². The van der Waals surface area contributed by atoms with Crippen molar-refractivity contribution in [3.05, 3.63) is 12.4 Å². The maximum absolute atomic E-state index is 5.48. The Labute approximate surface area is 124 Å². The van der Waals surface area contributed by atoms with Crippen molar-refractivity contribution < 1.29 is 4.74 Å². The molecule has 5 nitrogen and oxygen atoms in total. The number of nitrogens with one attached hydrogen (secondary N) is 2. The van der Waals surface area contributed by atoms with Gasteiger partial charge in [-0.3, -0.25) is 0 Å².